The number of halogens is 5. The van der Waals surface area contributed by atoms with Crippen molar-refractivity contribution in [3.63, 3.8) is 0 Å². The van der Waals surface area contributed by atoms with Crippen LogP contribution < -0.4 is 5.32 Å². The van der Waals surface area contributed by atoms with E-state index in [0.29, 0.717) is 4.47 Å². The van der Waals surface area contributed by atoms with E-state index in [0.717, 1.165) is 0 Å². The Morgan fingerprint density at radius 3 is 2.50 bits per heavy atom. The Bertz CT molecular complexity index is 536. The van der Waals surface area contributed by atoms with E-state index in [9.17, 15) is 22.8 Å². The molecule has 0 bridgehead atoms. The van der Waals surface area contributed by atoms with Crippen LogP contribution in [0.2, 0.25) is 5.02 Å². The largest absolute Gasteiger partial charge is 0.480 e. The van der Waals surface area contributed by atoms with E-state index in [2.05, 4.69) is 15.9 Å². The predicted octanol–water partition coefficient (Wildman–Crippen LogP) is 3.24. The molecular formula is C11H8BrClF3NO3. The van der Waals surface area contributed by atoms with Crippen molar-refractivity contribution >= 4 is 39.4 Å². The predicted molar refractivity (Wildman–Crippen MR) is 68.7 cm³/mol. The van der Waals surface area contributed by atoms with Gasteiger partial charge in [-0.05, 0) is 18.2 Å². The van der Waals surface area contributed by atoms with Crippen LogP contribution in [0.25, 0.3) is 0 Å². The van der Waals surface area contributed by atoms with Gasteiger partial charge in [0.15, 0.2) is 0 Å². The second-order valence-electron chi connectivity index (χ2n) is 3.81. The molecule has 0 aliphatic carbocycles. The van der Waals surface area contributed by atoms with Gasteiger partial charge >= 0.3 is 12.1 Å². The van der Waals surface area contributed by atoms with Gasteiger partial charge in [0, 0.05) is 4.47 Å². The number of amides is 1. The highest BCUT2D eigenvalue weighted by Gasteiger charge is 2.36. The Morgan fingerprint density at radius 1 is 1.40 bits per heavy atom. The van der Waals surface area contributed by atoms with Crippen LogP contribution in [0.1, 0.15) is 16.8 Å². The fraction of sp³-hybridized carbons (Fsp3) is 0.273. The summed E-state index contributed by atoms with van der Waals surface area (Å²) in [6, 6.07) is 2.10. The smallest absolute Gasteiger partial charge is 0.391 e. The van der Waals surface area contributed by atoms with E-state index in [1.54, 1.807) is 5.32 Å². The van der Waals surface area contributed by atoms with Gasteiger partial charge in [0.05, 0.1) is 17.0 Å². The first kappa shape index (κ1) is 16.8. The molecule has 0 spiro atoms. The van der Waals surface area contributed by atoms with Crippen molar-refractivity contribution < 1.29 is 27.9 Å². The number of carbonyl (C=O) groups is 2. The second-order valence-corrected chi connectivity index (χ2v) is 5.13. The van der Waals surface area contributed by atoms with Crippen LogP contribution in [0.5, 0.6) is 0 Å². The summed E-state index contributed by atoms with van der Waals surface area (Å²) in [5, 5.41) is 10.5. The molecule has 0 heterocycles. The summed E-state index contributed by atoms with van der Waals surface area (Å²) in [5.41, 5.74) is -0.116. The number of hydrogen-bond donors (Lipinski definition) is 2. The molecule has 0 radical (unpaired) electrons. The van der Waals surface area contributed by atoms with Crippen LogP contribution in [0, 0.1) is 0 Å². The lowest BCUT2D eigenvalue weighted by atomic mass is 10.1. The van der Waals surface area contributed by atoms with Crippen LogP contribution >= 0.6 is 27.5 Å². The monoisotopic (exact) mass is 373 g/mol. The van der Waals surface area contributed by atoms with Gasteiger partial charge in [-0.1, -0.05) is 27.5 Å². The third-order valence-electron chi connectivity index (χ3n) is 2.21. The number of nitrogens with one attached hydrogen (secondary N) is 1. The van der Waals surface area contributed by atoms with E-state index in [-0.39, 0.29) is 10.6 Å². The van der Waals surface area contributed by atoms with Crippen LogP contribution in [0.3, 0.4) is 0 Å². The van der Waals surface area contributed by atoms with Crippen LogP contribution in [-0.4, -0.2) is 29.2 Å². The number of benzene rings is 1. The van der Waals surface area contributed by atoms with Crippen molar-refractivity contribution in [3.8, 4) is 0 Å². The summed E-state index contributed by atoms with van der Waals surface area (Å²) in [7, 11) is 0. The van der Waals surface area contributed by atoms with Crippen molar-refractivity contribution in [1.29, 1.82) is 0 Å². The third kappa shape index (κ3) is 5.01. The van der Waals surface area contributed by atoms with Crippen molar-refractivity contribution in [2.45, 2.75) is 18.6 Å². The van der Waals surface area contributed by atoms with Gasteiger partial charge in [-0.25, -0.2) is 4.79 Å². The molecule has 1 aromatic rings. The van der Waals surface area contributed by atoms with Crippen LogP contribution in [0.4, 0.5) is 13.2 Å². The molecule has 1 unspecified atom stereocenters. The molecule has 0 aromatic heterocycles. The Balaban J connectivity index is 2.91. The first-order valence-electron chi connectivity index (χ1n) is 5.15. The minimum absolute atomic E-state index is 0.00171. The van der Waals surface area contributed by atoms with E-state index in [1.807, 2.05) is 0 Å². The molecule has 0 saturated carbocycles. The molecular weight excluding hydrogens is 366 g/mol. The highest BCUT2D eigenvalue weighted by atomic mass is 79.9. The molecule has 1 aromatic carbocycles. The van der Waals surface area contributed by atoms with E-state index in [1.165, 1.54) is 18.2 Å². The van der Waals surface area contributed by atoms with Gasteiger partial charge in [0.2, 0.25) is 0 Å². The fourth-order valence-electron chi connectivity index (χ4n) is 1.34. The first-order chi connectivity index (χ1) is 9.10. The van der Waals surface area contributed by atoms with Crippen molar-refractivity contribution in [1.82, 2.24) is 5.32 Å². The molecule has 0 fully saturated rings. The Morgan fingerprint density at radius 2 is 2.00 bits per heavy atom. The highest BCUT2D eigenvalue weighted by molar-refractivity contribution is 9.10. The zero-order valence-electron chi connectivity index (χ0n) is 9.67. The summed E-state index contributed by atoms with van der Waals surface area (Å²) < 4.78 is 37.1. The number of carboxylic acids is 1. The Hall–Kier alpha value is -1.28. The standard InChI is InChI=1S/C11H8BrClF3NO3/c12-5-1-2-7(13)6(3-5)9(18)17-8(10(19)20)4-11(14,15)16/h1-3,8H,4H2,(H,17,18)(H,19,20). The molecule has 110 valence electrons. The van der Waals surface area contributed by atoms with Gasteiger partial charge in [-0.15, -0.1) is 0 Å². The van der Waals surface area contributed by atoms with Crippen molar-refractivity contribution in [2.24, 2.45) is 0 Å². The lowest BCUT2D eigenvalue weighted by molar-refractivity contribution is -0.157. The van der Waals surface area contributed by atoms with Gasteiger partial charge < -0.3 is 10.4 Å². The molecule has 2 N–H and O–H groups in total. The third-order valence-corrected chi connectivity index (χ3v) is 3.03. The average Bonchev–Trinajstić information content (AvgIpc) is 2.29. The molecule has 1 amide bonds. The van der Waals surface area contributed by atoms with Crippen molar-refractivity contribution in [3.05, 3.63) is 33.3 Å². The van der Waals surface area contributed by atoms with Gasteiger partial charge in [-0.3, -0.25) is 4.79 Å². The van der Waals surface area contributed by atoms with Crippen LogP contribution in [0.15, 0.2) is 22.7 Å². The Kier molecular flexibility index (Phi) is 5.41. The molecule has 1 rings (SSSR count). The topological polar surface area (TPSA) is 66.4 Å². The zero-order valence-corrected chi connectivity index (χ0v) is 12.0. The summed E-state index contributed by atoms with van der Waals surface area (Å²) in [4.78, 5) is 22.5. The van der Waals surface area contributed by atoms with E-state index in [4.69, 9.17) is 16.7 Å². The lowest BCUT2D eigenvalue weighted by Crippen LogP contribution is -2.43. The number of hydrogen-bond acceptors (Lipinski definition) is 2. The molecule has 0 aliphatic heterocycles. The summed E-state index contributed by atoms with van der Waals surface area (Å²) in [6.07, 6.45) is -6.38. The minimum atomic E-state index is -4.71. The molecule has 4 nitrogen and oxygen atoms in total. The van der Waals surface area contributed by atoms with E-state index >= 15 is 0 Å². The quantitative estimate of drug-likeness (QED) is 0.850. The lowest BCUT2D eigenvalue weighted by Gasteiger charge is -2.16. The fourth-order valence-corrected chi connectivity index (χ4v) is 1.90. The maximum absolute atomic E-state index is 12.2. The maximum Gasteiger partial charge on any atom is 0.391 e. The van der Waals surface area contributed by atoms with Gasteiger partial charge in [0.1, 0.15) is 6.04 Å². The van der Waals surface area contributed by atoms with E-state index < -0.39 is 30.5 Å². The average molecular weight is 375 g/mol. The summed E-state index contributed by atoms with van der Waals surface area (Å²) >= 11 is 8.81. The SMILES string of the molecule is O=C(NC(CC(F)(F)F)C(=O)O)c1cc(Br)ccc1Cl. The van der Waals surface area contributed by atoms with Gasteiger partial charge in [0.25, 0.3) is 5.91 Å². The maximum atomic E-state index is 12.2. The number of carbonyl (C=O) groups excluding carboxylic acids is 1. The second kappa shape index (κ2) is 6.45. The summed E-state index contributed by atoms with van der Waals surface area (Å²) in [6.45, 7) is 0. The Labute approximate surface area is 125 Å². The number of alkyl halides is 3. The van der Waals surface area contributed by atoms with Gasteiger partial charge in [-0.2, -0.15) is 13.2 Å². The van der Waals surface area contributed by atoms with Crippen molar-refractivity contribution in [2.75, 3.05) is 0 Å². The number of aliphatic carboxylic acids is 1. The number of rotatable bonds is 4. The molecule has 9 heteroatoms. The molecule has 1 atom stereocenters. The highest BCUT2D eigenvalue weighted by Crippen LogP contribution is 2.23. The molecule has 20 heavy (non-hydrogen) atoms. The molecule has 0 saturated heterocycles. The molecule has 0 aliphatic rings. The van der Waals surface area contributed by atoms with Crippen LogP contribution in [-0.2, 0) is 4.79 Å². The zero-order chi connectivity index (χ0) is 15.5. The minimum Gasteiger partial charge on any atom is -0.480 e. The number of carboxylic acid groups (broad SMARTS) is 1. The normalized spacial score (nSPS) is 12.8. The first-order valence-corrected chi connectivity index (χ1v) is 6.32. The summed E-state index contributed by atoms with van der Waals surface area (Å²) in [5.74, 6) is -2.77.